The van der Waals surface area contributed by atoms with Crippen LogP contribution in [-0.4, -0.2) is 7.11 Å². The fraction of sp³-hybridized carbons (Fsp3) is 0.0370. The lowest BCUT2D eigenvalue weighted by Crippen LogP contribution is -1.91. The molecule has 0 saturated carbocycles. The van der Waals surface area contributed by atoms with Gasteiger partial charge in [-0.3, -0.25) is 0 Å². The van der Waals surface area contributed by atoms with Crippen LogP contribution in [-0.2, 0) is 0 Å². The van der Waals surface area contributed by atoms with E-state index < -0.39 is 0 Å². The van der Waals surface area contributed by atoms with E-state index in [1.807, 2.05) is 36.4 Å². The van der Waals surface area contributed by atoms with Crippen molar-refractivity contribution in [2.75, 3.05) is 12.4 Å². The third kappa shape index (κ3) is 4.74. The molecule has 0 aliphatic rings. The first-order chi connectivity index (χ1) is 14.3. The molecule has 29 heavy (non-hydrogen) atoms. The minimum absolute atomic E-state index is 0.859. The number of rotatable bonds is 6. The number of nitrogens with one attached hydrogen (secondary N) is 1. The van der Waals surface area contributed by atoms with Crippen molar-refractivity contribution < 1.29 is 4.74 Å². The van der Waals surface area contributed by atoms with Gasteiger partial charge in [0.05, 0.1) is 7.11 Å². The molecule has 0 unspecified atom stereocenters. The summed E-state index contributed by atoms with van der Waals surface area (Å²) in [6.07, 6.45) is 2.23. The van der Waals surface area contributed by atoms with E-state index in [2.05, 4.69) is 84.2 Å². The summed E-state index contributed by atoms with van der Waals surface area (Å²) in [7, 11) is 1.69. The Morgan fingerprint density at radius 1 is 0.621 bits per heavy atom. The van der Waals surface area contributed by atoms with Crippen molar-refractivity contribution >= 4 is 23.0 Å². The van der Waals surface area contributed by atoms with Crippen molar-refractivity contribution in [3.05, 3.63) is 126 Å². The third-order valence-electron chi connectivity index (χ3n) is 4.77. The summed E-state index contributed by atoms with van der Waals surface area (Å²) in [5.41, 5.74) is 6.82. The molecule has 1 N–H and O–H groups in total. The highest BCUT2D eigenvalue weighted by Gasteiger charge is 2.06. The summed E-state index contributed by atoms with van der Waals surface area (Å²) in [4.78, 5) is 0. The van der Waals surface area contributed by atoms with E-state index in [4.69, 9.17) is 4.74 Å². The largest absolute Gasteiger partial charge is 0.497 e. The molecular weight excluding hydrogens is 354 g/mol. The molecule has 0 fully saturated rings. The molecule has 0 heterocycles. The molecule has 4 aromatic carbocycles. The zero-order chi connectivity index (χ0) is 19.9. The van der Waals surface area contributed by atoms with Crippen LogP contribution in [0.3, 0.4) is 0 Å². The maximum Gasteiger partial charge on any atom is 0.118 e. The fourth-order valence-corrected chi connectivity index (χ4v) is 3.24. The topological polar surface area (TPSA) is 21.3 Å². The van der Waals surface area contributed by atoms with E-state index in [0.717, 1.165) is 28.3 Å². The van der Waals surface area contributed by atoms with E-state index in [0.29, 0.717) is 0 Å². The zero-order valence-electron chi connectivity index (χ0n) is 16.4. The van der Waals surface area contributed by atoms with Gasteiger partial charge in [-0.05, 0) is 64.7 Å². The molecule has 4 rings (SSSR count). The molecule has 0 aliphatic carbocycles. The molecule has 0 aromatic heterocycles. The molecule has 142 valence electrons. The number of hydrogen-bond donors (Lipinski definition) is 1. The second-order valence-electron chi connectivity index (χ2n) is 6.77. The Labute approximate surface area is 172 Å². The van der Waals surface area contributed by atoms with E-state index in [1.54, 1.807) is 7.11 Å². The molecule has 0 aliphatic heterocycles. The minimum Gasteiger partial charge on any atom is -0.497 e. The monoisotopic (exact) mass is 377 g/mol. The maximum absolute atomic E-state index is 5.31. The van der Waals surface area contributed by atoms with Crippen LogP contribution in [0.1, 0.15) is 16.7 Å². The lowest BCUT2D eigenvalue weighted by atomic mass is 9.95. The first-order valence-corrected chi connectivity index (χ1v) is 9.65. The van der Waals surface area contributed by atoms with Gasteiger partial charge in [-0.1, -0.05) is 72.8 Å². The quantitative estimate of drug-likeness (QED) is 0.364. The van der Waals surface area contributed by atoms with Crippen LogP contribution in [0.25, 0.3) is 11.6 Å². The summed E-state index contributed by atoms with van der Waals surface area (Å²) in [6.45, 7) is 0. The van der Waals surface area contributed by atoms with Crippen molar-refractivity contribution in [3.8, 4) is 5.75 Å². The van der Waals surface area contributed by atoms with Gasteiger partial charge in [-0.15, -0.1) is 0 Å². The molecule has 0 radical (unpaired) electrons. The Morgan fingerprint density at radius 2 is 1.17 bits per heavy atom. The van der Waals surface area contributed by atoms with Crippen LogP contribution in [0.4, 0.5) is 11.4 Å². The molecule has 0 atom stereocenters. The van der Waals surface area contributed by atoms with E-state index in [1.165, 1.54) is 11.1 Å². The molecule has 0 spiro atoms. The third-order valence-corrected chi connectivity index (χ3v) is 4.77. The molecular formula is C27H23NO. The number of benzene rings is 4. The Balaban J connectivity index is 1.65. The lowest BCUT2D eigenvalue weighted by molar-refractivity contribution is 0.415. The molecule has 0 amide bonds. The molecule has 2 nitrogen and oxygen atoms in total. The summed E-state index contributed by atoms with van der Waals surface area (Å²) >= 11 is 0. The molecule has 2 heteroatoms. The predicted octanol–water partition coefficient (Wildman–Crippen LogP) is 7.03. The SMILES string of the molecule is COc1ccc(/C(=C/c2ccc(Nc3ccccc3)cc2)c2ccccc2)cc1. The summed E-state index contributed by atoms with van der Waals surface area (Å²) in [5, 5.41) is 3.43. The normalized spacial score (nSPS) is 11.1. The van der Waals surface area contributed by atoms with Gasteiger partial charge in [0.1, 0.15) is 5.75 Å². The second kappa shape index (κ2) is 8.94. The van der Waals surface area contributed by atoms with Crippen LogP contribution < -0.4 is 10.1 Å². The highest BCUT2D eigenvalue weighted by Crippen LogP contribution is 2.28. The first-order valence-electron chi connectivity index (χ1n) is 9.65. The summed E-state index contributed by atoms with van der Waals surface area (Å²) in [5.74, 6) is 0.859. The first kappa shape index (κ1) is 18.6. The van der Waals surface area contributed by atoms with Crippen molar-refractivity contribution in [3.63, 3.8) is 0 Å². The van der Waals surface area contributed by atoms with Crippen LogP contribution in [0, 0.1) is 0 Å². The number of para-hydroxylation sites is 1. The van der Waals surface area contributed by atoms with E-state index in [-0.39, 0.29) is 0 Å². The van der Waals surface area contributed by atoms with Gasteiger partial charge in [0, 0.05) is 11.4 Å². The number of ether oxygens (including phenoxy) is 1. The van der Waals surface area contributed by atoms with Gasteiger partial charge < -0.3 is 10.1 Å². The Hall–Kier alpha value is -3.78. The second-order valence-corrected chi connectivity index (χ2v) is 6.77. The smallest absolute Gasteiger partial charge is 0.118 e. The van der Waals surface area contributed by atoms with Crippen molar-refractivity contribution in [1.82, 2.24) is 0 Å². The van der Waals surface area contributed by atoms with Crippen LogP contribution in [0.15, 0.2) is 109 Å². The Kier molecular flexibility index (Phi) is 5.73. The average Bonchev–Trinajstić information content (AvgIpc) is 2.80. The van der Waals surface area contributed by atoms with E-state index in [9.17, 15) is 0 Å². The predicted molar refractivity (Wildman–Crippen MR) is 123 cm³/mol. The van der Waals surface area contributed by atoms with Gasteiger partial charge in [0.25, 0.3) is 0 Å². The van der Waals surface area contributed by atoms with Gasteiger partial charge in [0.15, 0.2) is 0 Å². The highest BCUT2D eigenvalue weighted by atomic mass is 16.5. The average molecular weight is 377 g/mol. The minimum atomic E-state index is 0.859. The number of anilines is 2. The molecule has 0 bridgehead atoms. The van der Waals surface area contributed by atoms with Gasteiger partial charge in [-0.25, -0.2) is 0 Å². The van der Waals surface area contributed by atoms with Crippen LogP contribution >= 0.6 is 0 Å². The Morgan fingerprint density at radius 3 is 1.79 bits per heavy atom. The zero-order valence-corrected chi connectivity index (χ0v) is 16.4. The number of hydrogen-bond acceptors (Lipinski definition) is 2. The van der Waals surface area contributed by atoms with Crippen LogP contribution in [0.2, 0.25) is 0 Å². The number of methoxy groups -OCH3 is 1. The van der Waals surface area contributed by atoms with Crippen molar-refractivity contribution in [2.24, 2.45) is 0 Å². The summed E-state index contributed by atoms with van der Waals surface area (Å²) in [6, 6.07) is 37.3. The van der Waals surface area contributed by atoms with Crippen molar-refractivity contribution in [2.45, 2.75) is 0 Å². The van der Waals surface area contributed by atoms with Crippen molar-refractivity contribution in [1.29, 1.82) is 0 Å². The van der Waals surface area contributed by atoms with Gasteiger partial charge >= 0.3 is 0 Å². The summed E-state index contributed by atoms with van der Waals surface area (Å²) < 4.78 is 5.31. The van der Waals surface area contributed by atoms with Gasteiger partial charge in [0.2, 0.25) is 0 Å². The fourth-order valence-electron chi connectivity index (χ4n) is 3.24. The van der Waals surface area contributed by atoms with Crippen LogP contribution in [0.5, 0.6) is 5.75 Å². The lowest BCUT2D eigenvalue weighted by Gasteiger charge is -2.11. The van der Waals surface area contributed by atoms with Gasteiger partial charge in [-0.2, -0.15) is 0 Å². The maximum atomic E-state index is 5.31. The molecule has 0 saturated heterocycles. The Bertz CT molecular complexity index is 1070. The molecule has 4 aromatic rings. The standard InChI is InChI=1S/C27H23NO/c1-29-26-18-14-23(15-19-26)27(22-8-4-2-5-9-22)20-21-12-16-25(17-13-21)28-24-10-6-3-7-11-24/h2-20,28H,1H3/b27-20+. The highest BCUT2D eigenvalue weighted by molar-refractivity contribution is 5.91. The van der Waals surface area contributed by atoms with E-state index >= 15 is 0 Å².